The molecule has 0 atom stereocenters. The summed E-state index contributed by atoms with van der Waals surface area (Å²) in [6, 6.07) is 15.4. The topological polar surface area (TPSA) is 72.8 Å². The van der Waals surface area contributed by atoms with Crippen LogP contribution in [0, 0.1) is 0 Å². The van der Waals surface area contributed by atoms with Crippen molar-refractivity contribution in [2.45, 2.75) is 18.2 Å². The van der Waals surface area contributed by atoms with Crippen LogP contribution >= 0.6 is 15.9 Å². The molecule has 0 radical (unpaired) electrons. The lowest BCUT2D eigenvalue weighted by Gasteiger charge is -2.15. The fourth-order valence-electron chi connectivity index (χ4n) is 2.08. The molecule has 0 fully saturated rings. The normalized spacial score (nSPS) is 11.7. The summed E-state index contributed by atoms with van der Waals surface area (Å²) in [4.78, 5) is 23.8. The van der Waals surface area contributed by atoms with Crippen molar-refractivity contribution in [2.24, 2.45) is 0 Å². The summed E-state index contributed by atoms with van der Waals surface area (Å²) in [6.45, 7) is 3.74. The smallest absolute Gasteiger partial charge is 0.322 e. The van der Waals surface area contributed by atoms with E-state index in [-0.39, 0.29) is 30.7 Å². The highest BCUT2D eigenvalue weighted by atomic mass is 79.9. The van der Waals surface area contributed by atoms with Gasteiger partial charge in [-0.15, -0.1) is 0 Å². The molecular weight excluding hydrogens is 412 g/mol. The van der Waals surface area contributed by atoms with E-state index in [4.69, 9.17) is 9.47 Å². The van der Waals surface area contributed by atoms with Crippen molar-refractivity contribution in [1.29, 1.82) is 0 Å². The van der Waals surface area contributed by atoms with Crippen molar-refractivity contribution in [2.75, 3.05) is 13.2 Å². The van der Waals surface area contributed by atoms with Crippen molar-refractivity contribution in [1.82, 2.24) is 0 Å². The van der Waals surface area contributed by atoms with E-state index in [2.05, 4.69) is 15.9 Å². The Morgan fingerprint density at radius 2 is 1.63 bits per heavy atom. The fraction of sp³-hybridized carbons (Fsp3) is 0.238. The van der Waals surface area contributed by atoms with Crippen LogP contribution in [0.15, 0.2) is 60.7 Å². The molecule has 0 heterocycles. The van der Waals surface area contributed by atoms with E-state index in [0.717, 1.165) is 0 Å². The molecule has 0 unspecified atom stereocenters. The number of hydrogen-bond acceptors (Lipinski definition) is 5. The minimum absolute atomic E-state index is 0.0857. The van der Waals surface area contributed by atoms with Crippen LogP contribution < -0.4 is 4.74 Å². The molecule has 0 saturated heterocycles. The Bertz CT molecular complexity index is 805. The molecule has 0 amide bonds. The van der Waals surface area contributed by atoms with Gasteiger partial charge in [-0.3, -0.25) is 9.59 Å². The maximum atomic E-state index is 12.2. The highest BCUT2D eigenvalue weighted by Crippen LogP contribution is 2.18. The zero-order valence-corrected chi connectivity index (χ0v) is 16.7. The Labute approximate surface area is 166 Å². The second-order valence-electron chi connectivity index (χ2n) is 6.24. The van der Waals surface area contributed by atoms with E-state index < -0.39 is 4.32 Å². The lowest BCUT2D eigenvalue weighted by atomic mass is 10.1. The quantitative estimate of drug-likeness (QED) is 0.165. The van der Waals surface area contributed by atoms with Crippen molar-refractivity contribution in [3.8, 4) is 5.75 Å². The van der Waals surface area contributed by atoms with Gasteiger partial charge in [-0.2, -0.15) is 0 Å². The molecule has 0 aliphatic carbocycles. The Hall–Kier alpha value is -2.60. The predicted octanol–water partition coefficient (Wildman–Crippen LogP) is 4.56. The monoisotopic (exact) mass is 432 g/mol. The summed E-state index contributed by atoms with van der Waals surface area (Å²) >= 11 is 3.22. The van der Waals surface area contributed by atoms with Gasteiger partial charge in [0.2, 0.25) is 0 Å². The van der Waals surface area contributed by atoms with Crippen LogP contribution in [-0.2, 0) is 9.53 Å². The second-order valence-corrected chi connectivity index (χ2v) is 8.22. The van der Waals surface area contributed by atoms with E-state index in [1.165, 1.54) is 6.08 Å². The number of benzene rings is 2. The molecule has 0 aliphatic heterocycles. The van der Waals surface area contributed by atoms with Gasteiger partial charge in [0, 0.05) is 17.2 Å². The van der Waals surface area contributed by atoms with Crippen LogP contribution in [0.1, 0.15) is 29.8 Å². The summed E-state index contributed by atoms with van der Waals surface area (Å²) in [7, 11) is 0. The van der Waals surface area contributed by atoms with E-state index in [1.54, 1.807) is 62.4 Å². The van der Waals surface area contributed by atoms with Crippen molar-refractivity contribution < 1.29 is 24.2 Å². The predicted molar refractivity (Wildman–Crippen MR) is 107 cm³/mol. The maximum absolute atomic E-state index is 12.2. The number of carbonyl (C=O) groups is 2. The molecule has 6 heteroatoms. The first-order valence-electron chi connectivity index (χ1n) is 8.37. The van der Waals surface area contributed by atoms with Crippen molar-refractivity contribution >= 4 is 33.4 Å². The standard InChI is InChI=1S/C21H21BrO5/c1-21(2,22)20(25)27-13-12-26-17-10-8-16(9-11-17)19(24)14-18(23)15-6-4-3-5-7-15/h3-11,14,23H,12-13H2,1-2H3/b18-14-. The summed E-state index contributed by atoms with van der Waals surface area (Å²) in [6.07, 6.45) is 1.19. The van der Waals surface area contributed by atoms with Crippen LogP contribution in [0.4, 0.5) is 0 Å². The molecule has 1 N–H and O–H groups in total. The molecule has 142 valence electrons. The molecule has 27 heavy (non-hydrogen) atoms. The van der Waals surface area contributed by atoms with Crippen LogP contribution in [-0.4, -0.2) is 34.4 Å². The van der Waals surface area contributed by atoms with Gasteiger partial charge < -0.3 is 14.6 Å². The highest BCUT2D eigenvalue weighted by molar-refractivity contribution is 9.10. The molecule has 2 aromatic rings. The van der Waals surface area contributed by atoms with E-state index >= 15 is 0 Å². The molecule has 0 aromatic heterocycles. The third-order valence-electron chi connectivity index (χ3n) is 3.55. The summed E-state index contributed by atoms with van der Waals surface area (Å²) in [5, 5.41) is 10.0. The Morgan fingerprint density at radius 3 is 2.22 bits per heavy atom. The number of esters is 1. The van der Waals surface area contributed by atoms with Gasteiger partial charge in [0.1, 0.15) is 29.0 Å². The average Bonchev–Trinajstić information content (AvgIpc) is 2.65. The van der Waals surface area contributed by atoms with Crippen LogP contribution in [0.3, 0.4) is 0 Å². The van der Waals surface area contributed by atoms with E-state index in [0.29, 0.717) is 16.9 Å². The Morgan fingerprint density at radius 1 is 1.00 bits per heavy atom. The minimum atomic E-state index is -0.728. The first kappa shape index (κ1) is 20.7. The fourth-order valence-corrected chi connectivity index (χ4v) is 2.20. The Balaban J connectivity index is 1.87. The number of ether oxygens (including phenoxy) is 2. The number of carbonyl (C=O) groups excluding carboxylic acids is 2. The number of ketones is 1. The van der Waals surface area contributed by atoms with Crippen LogP contribution in [0.5, 0.6) is 5.75 Å². The van der Waals surface area contributed by atoms with Gasteiger partial charge in [0.25, 0.3) is 0 Å². The number of alkyl halides is 1. The molecule has 0 aliphatic rings. The number of aliphatic hydroxyl groups excluding tert-OH is 1. The number of aliphatic hydroxyl groups is 1. The molecule has 2 rings (SSSR count). The first-order chi connectivity index (χ1) is 12.8. The third-order valence-corrected chi connectivity index (χ3v) is 3.87. The highest BCUT2D eigenvalue weighted by Gasteiger charge is 2.25. The van der Waals surface area contributed by atoms with Gasteiger partial charge in [-0.25, -0.2) is 0 Å². The van der Waals surface area contributed by atoms with Gasteiger partial charge >= 0.3 is 5.97 Å². The SMILES string of the molecule is CC(C)(Br)C(=O)OCCOc1ccc(C(=O)/C=C(\O)c2ccccc2)cc1. The number of rotatable bonds is 8. The first-order valence-corrected chi connectivity index (χ1v) is 9.16. The lowest BCUT2D eigenvalue weighted by molar-refractivity contribution is -0.146. The van der Waals surface area contributed by atoms with Crippen LogP contribution in [0.2, 0.25) is 0 Å². The summed E-state index contributed by atoms with van der Waals surface area (Å²) < 4.78 is 9.83. The average molecular weight is 433 g/mol. The molecular formula is C21H21BrO5. The van der Waals surface area contributed by atoms with Crippen molar-refractivity contribution in [3.63, 3.8) is 0 Å². The number of allylic oxidation sites excluding steroid dienone is 1. The lowest BCUT2D eigenvalue weighted by Crippen LogP contribution is -2.28. The molecule has 5 nitrogen and oxygen atoms in total. The largest absolute Gasteiger partial charge is 0.507 e. The maximum Gasteiger partial charge on any atom is 0.322 e. The molecule has 0 bridgehead atoms. The molecule has 2 aromatic carbocycles. The van der Waals surface area contributed by atoms with E-state index in [1.807, 2.05) is 6.07 Å². The van der Waals surface area contributed by atoms with Gasteiger partial charge in [0.15, 0.2) is 5.78 Å². The molecule has 0 spiro atoms. The Kier molecular flexibility index (Phi) is 7.19. The van der Waals surface area contributed by atoms with Crippen LogP contribution in [0.25, 0.3) is 5.76 Å². The second kappa shape index (κ2) is 9.37. The molecule has 0 saturated carbocycles. The van der Waals surface area contributed by atoms with Gasteiger partial charge in [-0.05, 0) is 38.1 Å². The summed E-state index contributed by atoms with van der Waals surface area (Å²) in [5.74, 6) is -0.206. The zero-order chi connectivity index (χ0) is 19.9. The van der Waals surface area contributed by atoms with E-state index in [9.17, 15) is 14.7 Å². The van der Waals surface area contributed by atoms with Crippen molar-refractivity contribution in [3.05, 3.63) is 71.8 Å². The van der Waals surface area contributed by atoms with Gasteiger partial charge in [-0.1, -0.05) is 46.3 Å². The third kappa shape index (κ3) is 6.57. The van der Waals surface area contributed by atoms with Gasteiger partial charge in [0.05, 0.1) is 0 Å². The number of halogens is 1. The number of hydrogen-bond donors (Lipinski definition) is 1. The summed E-state index contributed by atoms with van der Waals surface area (Å²) in [5.41, 5.74) is 1.00. The minimum Gasteiger partial charge on any atom is -0.507 e. The zero-order valence-electron chi connectivity index (χ0n) is 15.1.